The van der Waals surface area contributed by atoms with Gasteiger partial charge in [0.25, 0.3) is 0 Å². The zero-order valence-electron chi connectivity index (χ0n) is 63.0. The van der Waals surface area contributed by atoms with Crippen molar-refractivity contribution < 1.29 is 8.83 Å². The maximum Gasteiger partial charge on any atom is 0.164 e. The van der Waals surface area contributed by atoms with Crippen molar-refractivity contribution in [1.29, 1.82) is 0 Å². The maximum absolute atomic E-state index is 6.67. The first-order valence-electron chi connectivity index (χ1n) is 39.7. The van der Waals surface area contributed by atoms with Gasteiger partial charge in [-0.05, 0) is 171 Å². The number of aromatic nitrogens is 6. The first-order chi connectivity index (χ1) is 58.4. The van der Waals surface area contributed by atoms with E-state index in [4.69, 9.17) is 38.7 Å². The van der Waals surface area contributed by atoms with Gasteiger partial charge in [-0.3, -0.25) is 0 Å². The molecule has 0 saturated heterocycles. The van der Waals surface area contributed by atoms with Crippen LogP contribution in [-0.2, 0) is 0 Å². The van der Waals surface area contributed by atoms with E-state index in [-0.39, 0.29) is 0 Å². The normalized spacial score (nSPS) is 12.1. The Bertz CT molecular complexity index is 8480. The largest absolute Gasteiger partial charge is 0.455 e. The van der Waals surface area contributed by atoms with Gasteiger partial charge in [-0.2, -0.15) is 0 Å². The lowest BCUT2D eigenvalue weighted by Gasteiger charge is -2.13. The van der Waals surface area contributed by atoms with Crippen molar-refractivity contribution in [2.45, 2.75) is 0 Å². The van der Waals surface area contributed by atoms with Crippen LogP contribution in [-0.4, -0.2) is 29.9 Å². The molecule has 0 saturated carbocycles. The molecule has 546 valence electrons. The average Bonchev–Trinajstić information content (AvgIpc) is 1.47. The Morgan fingerprint density at radius 1 is 0.178 bits per heavy atom. The summed E-state index contributed by atoms with van der Waals surface area (Å²) in [6.07, 6.45) is 0. The van der Waals surface area contributed by atoms with Crippen molar-refractivity contribution in [2.24, 2.45) is 0 Å². The highest BCUT2D eigenvalue weighted by Gasteiger charge is 2.26. The fourth-order valence-corrected chi connectivity index (χ4v) is 20.9. The molecular formula is C108H60N6O2S2. The number of furan rings is 2. The van der Waals surface area contributed by atoms with E-state index < -0.39 is 0 Å². The molecule has 6 heterocycles. The molecule has 6 aromatic heterocycles. The van der Waals surface area contributed by atoms with E-state index in [2.05, 4.69) is 322 Å². The summed E-state index contributed by atoms with van der Waals surface area (Å²) >= 11 is 3.59. The number of rotatable bonds is 11. The third-order valence-corrected chi connectivity index (χ3v) is 26.2. The van der Waals surface area contributed by atoms with E-state index >= 15 is 0 Å². The van der Waals surface area contributed by atoms with Crippen LogP contribution in [0.5, 0.6) is 0 Å². The minimum atomic E-state index is 0.542. The summed E-state index contributed by atoms with van der Waals surface area (Å²) in [4.78, 5) is 33.2. The van der Waals surface area contributed by atoms with Gasteiger partial charge < -0.3 is 8.83 Å². The number of fused-ring (bicyclic) bond motifs is 15. The molecule has 25 aromatic rings. The van der Waals surface area contributed by atoms with Crippen LogP contribution in [0, 0.1) is 0 Å². The van der Waals surface area contributed by atoms with E-state index in [1.54, 1.807) is 22.7 Å². The van der Waals surface area contributed by atoms with Crippen molar-refractivity contribution in [3.05, 3.63) is 364 Å². The quantitative estimate of drug-likeness (QED) is 0.118. The summed E-state index contributed by atoms with van der Waals surface area (Å²) in [5.74, 6) is 3.35. The molecule has 0 unspecified atom stereocenters. The minimum Gasteiger partial charge on any atom is -0.455 e. The third-order valence-electron chi connectivity index (χ3n) is 23.9. The summed E-state index contributed by atoms with van der Waals surface area (Å²) < 4.78 is 17.8. The molecule has 19 aromatic carbocycles. The Kier molecular flexibility index (Phi) is 14.7. The van der Waals surface area contributed by atoms with Crippen LogP contribution in [0.1, 0.15) is 0 Å². The van der Waals surface area contributed by atoms with Crippen LogP contribution in [0.2, 0.25) is 0 Å². The molecule has 25 rings (SSSR count). The molecule has 0 bridgehead atoms. The highest BCUT2D eigenvalue weighted by atomic mass is 32.1. The Morgan fingerprint density at radius 3 is 1.23 bits per heavy atom. The maximum atomic E-state index is 6.67. The van der Waals surface area contributed by atoms with Gasteiger partial charge in [0.05, 0.1) is 0 Å². The second-order valence-corrected chi connectivity index (χ2v) is 32.8. The Balaban J connectivity index is 0.672. The van der Waals surface area contributed by atoms with Crippen molar-refractivity contribution >= 4 is 161 Å². The lowest BCUT2D eigenvalue weighted by Crippen LogP contribution is -2.01. The smallest absolute Gasteiger partial charge is 0.164 e. The molecule has 0 radical (unpaired) electrons. The van der Waals surface area contributed by atoms with E-state index in [1.165, 1.54) is 69.7 Å². The van der Waals surface area contributed by atoms with E-state index in [1.807, 2.05) is 42.5 Å². The van der Waals surface area contributed by atoms with E-state index in [0.717, 1.165) is 157 Å². The number of hydrogen-bond acceptors (Lipinski definition) is 10. The van der Waals surface area contributed by atoms with Gasteiger partial charge >= 0.3 is 0 Å². The van der Waals surface area contributed by atoms with Gasteiger partial charge in [0.2, 0.25) is 0 Å². The monoisotopic (exact) mass is 1540 g/mol. The molecule has 118 heavy (non-hydrogen) atoms. The molecular weight excluding hydrogens is 1480 g/mol. The van der Waals surface area contributed by atoms with E-state index in [9.17, 15) is 0 Å². The number of benzene rings is 19. The van der Waals surface area contributed by atoms with Crippen molar-refractivity contribution in [3.8, 4) is 124 Å². The van der Waals surface area contributed by atoms with Crippen molar-refractivity contribution in [3.63, 3.8) is 0 Å². The highest BCUT2D eigenvalue weighted by molar-refractivity contribution is 7.26. The summed E-state index contributed by atoms with van der Waals surface area (Å²) in [6, 6.07) is 130. The lowest BCUT2D eigenvalue weighted by atomic mass is 9.91. The third kappa shape index (κ3) is 10.6. The van der Waals surface area contributed by atoms with Crippen molar-refractivity contribution in [2.75, 3.05) is 0 Å². The standard InChI is InChI=1S/C108H60N6O2S2/c1-2-19-63(20-3-1)103-109-104(72-27-13-24-65(53-72)77-35-16-37-84-82-33-8-10-40-91(82)115-100(77)84)114-108(111-103)89-52-51-79(102-99(89)87-49-47-64(59-95(87)118-102)75-56-70-45-43-61-22-12-23-62-44-46-71(57-75)97(70)96(61)62)67-26-15-29-74(55-67)106-110-105(73-28-14-25-66(54-73)78-36-17-38-85-83-34-9-11-41-92(83)116-101(78)85)112-107(113-106)88-39-18-42-93-98(88)86-50-48-69(60-94(86)117-93)90-58-68-21-4-5-30-76(68)80-31-6-7-32-81(80)90/h1-60H. The second kappa shape index (κ2) is 26.2. The lowest BCUT2D eigenvalue weighted by molar-refractivity contribution is 0.669. The number of nitrogens with zero attached hydrogens (tertiary/aromatic N) is 6. The van der Waals surface area contributed by atoms with Crippen LogP contribution in [0.3, 0.4) is 0 Å². The molecule has 0 amide bonds. The van der Waals surface area contributed by atoms with Crippen LogP contribution >= 0.6 is 22.7 Å². The van der Waals surface area contributed by atoms with Crippen LogP contribution in [0.4, 0.5) is 0 Å². The van der Waals surface area contributed by atoms with Crippen LogP contribution < -0.4 is 0 Å². The summed E-state index contributed by atoms with van der Waals surface area (Å²) in [6.45, 7) is 0. The van der Waals surface area contributed by atoms with Gasteiger partial charge in [-0.25, -0.2) is 29.9 Å². The highest BCUT2D eigenvalue weighted by Crippen LogP contribution is 2.50. The van der Waals surface area contributed by atoms with Crippen LogP contribution in [0.15, 0.2) is 373 Å². The first kappa shape index (κ1) is 66.3. The van der Waals surface area contributed by atoms with Gasteiger partial charge in [-0.15, -0.1) is 22.7 Å². The van der Waals surface area contributed by atoms with Gasteiger partial charge in [0.1, 0.15) is 22.3 Å². The fraction of sp³-hybridized carbons (Fsp3) is 0. The molecule has 10 heteroatoms. The summed E-state index contributed by atoms with van der Waals surface area (Å²) in [5, 5.41) is 21.1. The Hall–Kier alpha value is -15.2. The van der Waals surface area contributed by atoms with Gasteiger partial charge in [0.15, 0.2) is 34.9 Å². The molecule has 0 spiro atoms. The molecule has 0 aliphatic rings. The summed E-state index contributed by atoms with van der Waals surface area (Å²) in [7, 11) is 0. The fourth-order valence-electron chi connectivity index (χ4n) is 18.4. The number of hydrogen-bond donors (Lipinski definition) is 0. The SMILES string of the molecule is c1ccc(-c2nc(-c3cccc(-c4cccc5c4oc4ccccc45)c3)nc(-c3ccc(-c4cccc(-c5nc(-c6cccc(-c7cccc8c7oc7ccccc78)c6)nc(-c6cccc7sc8cc(-c9cc%10ccccc%10c%10ccccc9%10)ccc8c67)n5)c4)c4sc5cc(-c6cc7ccc8cccc9ccc(c6)c7c89)ccc5c34)n2)cc1. The van der Waals surface area contributed by atoms with Gasteiger partial charge in [-0.1, -0.05) is 291 Å². The minimum absolute atomic E-state index is 0.542. The first-order valence-corrected chi connectivity index (χ1v) is 41.3. The predicted octanol–water partition coefficient (Wildman–Crippen LogP) is 30.1. The Morgan fingerprint density at radius 2 is 0.593 bits per heavy atom. The molecule has 0 atom stereocenters. The van der Waals surface area contributed by atoms with Crippen molar-refractivity contribution in [1.82, 2.24) is 29.9 Å². The zero-order valence-corrected chi connectivity index (χ0v) is 64.6. The second-order valence-electron chi connectivity index (χ2n) is 30.7. The summed E-state index contributed by atoms with van der Waals surface area (Å²) in [5.41, 5.74) is 19.2. The topological polar surface area (TPSA) is 104 Å². The number of thiophene rings is 2. The number of para-hydroxylation sites is 4. The van der Waals surface area contributed by atoms with Gasteiger partial charge in [0, 0.05) is 106 Å². The molecule has 0 fully saturated rings. The average molecular weight is 1540 g/mol. The van der Waals surface area contributed by atoms with E-state index in [0.29, 0.717) is 34.9 Å². The molecule has 0 N–H and O–H groups in total. The molecule has 8 nitrogen and oxygen atoms in total. The predicted molar refractivity (Wildman–Crippen MR) is 492 cm³/mol. The van der Waals surface area contributed by atoms with Crippen LogP contribution in [0.25, 0.3) is 262 Å². The zero-order chi connectivity index (χ0) is 77.2. The molecule has 0 aliphatic heterocycles. The molecule has 0 aliphatic carbocycles. The Labute approximate surface area is 682 Å².